The van der Waals surface area contributed by atoms with Crippen molar-refractivity contribution in [2.45, 2.75) is 6.92 Å². The third-order valence-electron chi connectivity index (χ3n) is 1.38. The Kier molecular flexibility index (Phi) is 3.23. The number of benzene rings is 1. The summed E-state index contributed by atoms with van der Waals surface area (Å²) in [7, 11) is 0. The van der Waals surface area contributed by atoms with Gasteiger partial charge in [0.1, 0.15) is 0 Å². The molecule has 1 amide bonds. The zero-order valence-corrected chi connectivity index (χ0v) is 7.89. The maximum absolute atomic E-state index is 10.7. The highest BCUT2D eigenvalue weighted by Crippen LogP contribution is 2.08. The molecular formula is C9H8N2OS. The molecule has 0 bridgehead atoms. The Bertz CT molecular complexity index is 361. The Hall–Kier alpha value is -1.60. The van der Waals surface area contributed by atoms with Crippen molar-refractivity contribution in [1.29, 1.82) is 0 Å². The zero-order chi connectivity index (χ0) is 9.68. The number of rotatable bonds is 1. The third-order valence-corrected chi connectivity index (χ3v) is 1.47. The summed E-state index contributed by atoms with van der Waals surface area (Å²) >= 11 is 4.38. The standard InChI is InChI=1S/C9H8N2OS/c1-7(12)11-9-4-2-8(3-5-9)6-10-13/h2-5H,1H3,(H,11,12). The van der Waals surface area contributed by atoms with Crippen LogP contribution in [0, 0.1) is 6.07 Å². The molecule has 0 aliphatic carbocycles. The van der Waals surface area contributed by atoms with Crippen molar-refractivity contribution in [1.82, 2.24) is 0 Å². The van der Waals surface area contributed by atoms with E-state index >= 15 is 0 Å². The van der Waals surface area contributed by atoms with Crippen LogP contribution in [0.5, 0.6) is 0 Å². The fraction of sp³-hybridized carbons (Fsp3) is 0.111. The van der Waals surface area contributed by atoms with Crippen molar-refractivity contribution in [3.8, 4) is 6.07 Å². The smallest absolute Gasteiger partial charge is 0.291 e. The first-order chi connectivity index (χ1) is 6.22. The Balaban J connectivity index is 2.79. The van der Waals surface area contributed by atoms with Crippen LogP contribution in [-0.4, -0.2) is 5.91 Å². The highest BCUT2D eigenvalue weighted by atomic mass is 32.1. The number of amides is 1. The van der Waals surface area contributed by atoms with E-state index in [2.05, 4.69) is 28.5 Å². The highest BCUT2D eigenvalue weighted by molar-refractivity contribution is 7.61. The van der Waals surface area contributed by atoms with Crippen molar-refractivity contribution >= 4 is 24.4 Å². The minimum Gasteiger partial charge on any atom is -0.326 e. The summed E-state index contributed by atoms with van der Waals surface area (Å²) in [6, 6.07) is 9.71. The number of carbonyl (C=O) groups is 1. The van der Waals surface area contributed by atoms with Gasteiger partial charge in [-0.3, -0.25) is 17.6 Å². The van der Waals surface area contributed by atoms with Gasteiger partial charge in [-0.15, -0.1) is 0 Å². The number of nitrogens with one attached hydrogen (secondary N) is 1. The number of hydrogen-bond donors (Lipinski definition) is 1. The summed E-state index contributed by atoms with van der Waals surface area (Å²) in [6.07, 6.45) is 0. The van der Waals surface area contributed by atoms with Crippen molar-refractivity contribution in [2.24, 2.45) is 0 Å². The van der Waals surface area contributed by atoms with E-state index in [1.54, 1.807) is 24.3 Å². The molecule has 66 valence electrons. The molecule has 0 saturated carbocycles. The lowest BCUT2D eigenvalue weighted by Gasteiger charge is -1.99. The Labute approximate surface area is 82.1 Å². The SMILES string of the molecule is CC(=O)Nc1ccc(C#[N+][S-])cc1. The molecule has 0 heterocycles. The van der Waals surface area contributed by atoms with Gasteiger partial charge in [0.25, 0.3) is 6.07 Å². The lowest BCUT2D eigenvalue weighted by molar-refractivity contribution is -0.114. The van der Waals surface area contributed by atoms with Gasteiger partial charge in [-0.2, -0.15) is 4.25 Å². The number of carbonyl (C=O) groups excluding carboxylic acids is 1. The van der Waals surface area contributed by atoms with E-state index in [0.717, 1.165) is 11.3 Å². The van der Waals surface area contributed by atoms with E-state index in [1.165, 1.54) is 6.92 Å². The molecule has 0 fully saturated rings. The van der Waals surface area contributed by atoms with Crippen LogP contribution in [0.2, 0.25) is 0 Å². The van der Waals surface area contributed by atoms with E-state index in [4.69, 9.17) is 0 Å². The van der Waals surface area contributed by atoms with Crippen LogP contribution in [0.15, 0.2) is 24.3 Å². The second-order valence-corrected chi connectivity index (χ2v) is 2.64. The first kappa shape index (κ1) is 9.49. The summed E-state index contributed by atoms with van der Waals surface area (Å²) < 4.78 is 3.34. The van der Waals surface area contributed by atoms with Gasteiger partial charge >= 0.3 is 0 Å². The maximum atomic E-state index is 10.7. The first-order valence-electron chi connectivity index (χ1n) is 3.68. The minimum absolute atomic E-state index is 0.0892. The number of anilines is 1. The monoisotopic (exact) mass is 192 g/mol. The topological polar surface area (TPSA) is 33.5 Å². The fourth-order valence-corrected chi connectivity index (χ4v) is 0.989. The Morgan fingerprint density at radius 1 is 1.46 bits per heavy atom. The first-order valence-corrected chi connectivity index (χ1v) is 4.05. The molecule has 0 unspecified atom stereocenters. The summed E-state index contributed by atoms with van der Waals surface area (Å²) in [5.41, 5.74) is 1.55. The molecule has 3 nitrogen and oxygen atoms in total. The van der Waals surface area contributed by atoms with E-state index in [0.29, 0.717) is 0 Å². The van der Waals surface area contributed by atoms with Crippen molar-refractivity contribution in [2.75, 3.05) is 5.32 Å². The molecule has 0 aliphatic heterocycles. The van der Waals surface area contributed by atoms with Gasteiger partial charge in [-0.25, -0.2) is 0 Å². The molecule has 4 heteroatoms. The van der Waals surface area contributed by atoms with E-state index < -0.39 is 0 Å². The predicted molar refractivity (Wildman–Crippen MR) is 54.5 cm³/mol. The molecule has 1 aromatic carbocycles. The van der Waals surface area contributed by atoms with Crippen LogP contribution in [-0.2, 0) is 17.6 Å². The number of nitrogens with zero attached hydrogens (tertiary/aromatic N) is 1. The minimum atomic E-state index is -0.0892. The van der Waals surface area contributed by atoms with Crippen LogP contribution >= 0.6 is 0 Å². The summed E-state index contributed by atoms with van der Waals surface area (Å²) in [6.45, 7) is 1.46. The normalized spacial score (nSPS) is 8.38. The van der Waals surface area contributed by atoms with Gasteiger partial charge in [-0.05, 0) is 24.3 Å². The van der Waals surface area contributed by atoms with Crippen LogP contribution in [0.3, 0.4) is 0 Å². The predicted octanol–water partition coefficient (Wildman–Crippen LogP) is 1.79. The molecule has 0 atom stereocenters. The van der Waals surface area contributed by atoms with Gasteiger partial charge in [0, 0.05) is 12.6 Å². The lowest BCUT2D eigenvalue weighted by Crippen LogP contribution is -2.05. The molecule has 0 radical (unpaired) electrons. The van der Waals surface area contributed by atoms with Crippen LogP contribution < -0.4 is 5.32 Å². The van der Waals surface area contributed by atoms with Gasteiger partial charge in [0.15, 0.2) is 0 Å². The third kappa shape index (κ3) is 3.09. The quantitative estimate of drug-likeness (QED) is 0.688. The highest BCUT2D eigenvalue weighted by Gasteiger charge is 1.96. The van der Waals surface area contributed by atoms with Crippen LogP contribution in [0.4, 0.5) is 5.69 Å². The van der Waals surface area contributed by atoms with E-state index in [1.807, 2.05) is 0 Å². The molecule has 0 aromatic heterocycles. The average molecular weight is 192 g/mol. The van der Waals surface area contributed by atoms with E-state index in [9.17, 15) is 4.79 Å². The average Bonchev–Trinajstić information content (AvgIpc) is 2.08. The summed E-state index contributed by atoms with van der Waals surface area (Å²) in [5, 5.41) is 2.65. The molecule has 0 spiro atoms. The largest absolute Gasteiger partial charge is 0.326 e. The fourth-order valence-electron chi connectivity index (χ4n) is 0.884. The van der Waals surface area contributed by atoms with Gasteiger partial charge < -0.3 is 5.32 Å². The lowest BCUT2D eigenvalue weighted by atomic mass is 10.2. The van der Waals surface area contributed by atoms with Crippen molar-refractivity contribution in [3.63, 3.8) is 0 Å². The van der Waals surface area contributed by atoms with Crippen LogP contribution in [0.1, 0.15) is 12.5 Å². The van der Waals surface area contributed by atoms with Gasteiger partial charge in [0.2, 0.25) is 5.91 Å². The van der Waals surface area contributed by atoms with Crippen LogP contribution in [0.25, 0.3) is 4.25 Å². The number of hydrogen-bond acceptors (Lipinski definition) is 2. The molecule has 0 aliphatic rings. The molecule has 1 rings (SSSR count). The second kappa shape index (κ2) is 4.43. The zero-order valence-electron chi connectivity index (χ0n) is 7.07. The van der Waals surface area contributed by atoms with Crippen molar-refractivity contribution in [3.05, 3.63) is 34.1 Å². The molecule has 0 saturated heterocycles. The van der Waals surface area contributed by atoms with Crippen molar-refractivity contribution < 1.29 is 4.79 Å². The summed E-state index contributed by atoms with van der Waals surface area (Å²) in [5.74, 6) is -0.0892. The maximum Gasteiger partial charge on any atom is 0.291 e. The van der Waals surface area contributed by atoms with Gasteiger partial charge in [-0.1, -0.05) is 0 Å². The van der Waals surface area contributed by atoms with E-state index in [-0.39, 0.29) is 5.91 Å². The molecule has 1 aromatic rings. The van der Waals surface area contributed by atoms with Gasteiger partial charge in [0.05, 0.1) is 5.56 Å². The molecule has 1 N–H and O–H groups in total. The molecular weight excluding hydrogens is 184 g/mol. The Morgan fingerprint density at radius 2 is 2.08 bits per heavy atom. The summed E-state index contributed by atoms with van der Waals surface area (Å²) in [4.78, 5) is 10.7. The Morgan fingerprint density at radius 3 is 2.54 bits per heavy atom. The molecule has 13 heavy (non-hydrogen) atoms. The second-order valence-electron chi connectivity index (χ2n) is 2.46.